The van der Waals surface area contributed by atoms with Crippen LogP contribution in [0.25, 0.3) is 0 Å². The molecule has 4 heterocycles. The molecule has 1 aromatic carbocycles. The zero-order valence-electron chi connectivity index (χ0n) is 25.5. The van der Waals surface area contributed by atoms with Gasteiger partial charge in [-0.3, -0.25) is 14.4 Å². The van der Waals surface area contributed by atoms with Crippen molar-refractivity contribution in [2.24, 2.45) is 17.8 Å². The number of ether oxygens (including phenoxy) is 2. The van der Waals surface area contributed by atoms with Crippen LogP contribution < -0.4 is 9.80 Å². The Labute approximate surface area is 249 Å². The van der Waals surface area contributed by atoms with Crippen LogP contribution in [0.5, 0.6) is 0 Å². The fraction of sp³-hybridized carbons (Fsp3) is 0.606. The van der Waals surface area contributed by atoms with Gasteiger partial charge in [-0.05, 0) is 56.9 Å². The number of carbonyl (C=O) groups excluding carboxylic acids is 3. The molecule has 2 saturated heterocycles. The van der Waals surface area contributed by atoms with Crippen LogP contribution in [0.1, 0.15) is 53.9 Å². The van der Waals surface area contributed by atoms with Crippen LogP contribution in [0.15, 0.2) is 48.6 Å². The van der Waals surface area contributed by atoms with Crippen LogP contribution >= 0.6 is 0 Å². The van der Waals surface area contributed by atoms with Crippen molar-refractivity contribution in [3.63, 3.8) is 0 Å². The smallest absolute Gasteiger partial charge is 0.313 e. The zero-order valence-corrected chi connectivity index (χ0v) is 25.5. The summed E-state index contributed by atoms with van der Waals surface area (Å²) in [5.41, 5.74) is -0.692. The summed E-state index contributed by atoms with van der Waals surface area (Å²) in [6.07, 6.45) is 9.27. The van der Waals surface area contributed by atoms with E-state index in [0.29, 0.717) is 24.9 Å². The van der Waals surface area contributed by atoms with Crippen molar-refractivity contribution < 1.29 is 29.0 Å². The normalized spacial score (nSPS) is 32.0. The Morgan fingerprint density at radius 2 is 1.71 bits per heavy atom. The molecule has 0 bridgehead atoms. The Balaban J connectivity index is 1.65. The van der Waals surface area contributed by atoms with E-state index in [-0.39, 0.29) is 37.5 Å². The molecule has 2 fully saturated rings. The minimum Gasteiger partial charge on any atom is -0.465 e. The minimum atomic E-state index is -1.39. The van der Waals surface area contributed by atoms with E-state index < -0.39 is 41.1 Å². The van der Waals surface area contributed by atoms with Crippen molar-refractivity contribution in [2.45, 2.75) is 77.2 Å². The molecule has 0 saturated carbocycles. The second-order valence-electron chi connectivity index (χ2n) is 11.9. The van der Waals surface area contributed by atoms with Gasteiger partial charge >= 0.3 is 5.97 Å². The van der Waals surface area contributed by atoms with E-state index in [1.807, 2.05) is 69.3 Å². The summed E-state index contributed by atoms with van der Waals surface area (Å²) in [6, 6.07) is 6.22. The van der Waals surface area contributed by atoms with Crippen LogP contribution in [0, 0.1) is 17.8 Å². The van der Waals surface area contributed by atoms with Gasteiger partial charge in [-0.15, -0.1) is 0 Å². The van der Waals surface area contributed by atoms with Crippen LogP contribution in [0.3, 0.4) is 0 Å². The first-order valence-electron chi connectivity index (χ1n) is 15.5. The lowest BCUT2D eigenvalue weighted by molar-refractivity contribution is -0.162. The maximum atomic E-state index is 14.8. The number of hydrogen-bond donors (Lipinski definition) is 1. The number of benzene rings is 1. The highest BCUT2D eigenvalue weighted by molar-refractivity contribution is 6.06. The van der Waals surface area contributed by atoms with Gasteiger partial charge in [0, 0.05) is 31.0 Å². The maximum Gasteiger partial charge on any atom is 0.313 e. The molecule has 1 unspecified atom stereocenters. The van der Waals surface area contributed by atoms with Gasteiger partial charge in [-0.2, -0.15) is 0 Å². The molecule has 0 aliphatic carbocycles. The van der Waals surface area contributed by atoms with Crippen molar-refractivity contribution in [1.82, 2.24) is 4.90 Å². The first-order chi connectivity index (χ1) is 20.2. The number of aliphatic hydroxyl groups is 1. The van der Waals surface area contributed by atoms with E-state index >= 15 is 0 Å². The van der Waals surface area contributed by atoms with Gasteiger partial charge < -0.3 is 29.3 Å². The summed E-state index contributed by atoms with van der Waals surface area (Å²) in [4.78, 5) is 48.5. The molecule has 42 heavy (non-hydrogen) atoms. The molecular weight excluding hydrogens is 534 g/mol. The SMILES string of the molecule is CC[C@H](C)[C@H](CO)N1C(=O)[C@@H]2[C@@H]3C(=O)OCCC=C[C@]3(CC)O[C@@]23C=CCN(c2ccc(N(CC)CC)cc2)C(=O)C13. The van der Waals surface area contributed by atoms with Crippen molar-refractivity contribution >= 4 is 29.2 Å². The van der Waals surface area contributed by atoms with Crippen LogP contribution in [0.2, 0.25) is 0 Å². The minimum absolute atomic E-state index is 0.0863. The predicted octanol–water partition coefficient (Wildman–Crippen LogP) is 3.71. The third-order valence-corrected chi connectivity index (χ3v) is 9.98. The average molecular weight is 580 g/mol. The van der Waals surface area contributed by atoms with E-state index in [2.05, 4.69) is 18.7 Å². The Bertz CT molecular complexity index is 1240. The quantitative estimate of drug-likeness (QED) is 0.352. The Morgan fingerprint density at radius 3 is 2.33 bits per heavy atom. The number of nitrogens with zero attached hydrogens (tertiary/aromatic N) is 3. The Morgan fingerprint density at radius 1 is 1.00 bits per heavy atom. The molecule has 1 aromatic rings. The fourth-order valence-corrected chi connectivity index (χ4v) is 7.50. The van der Waals surface area contributed by atoms with Crippen LogP contribution in [-0.4, -0.2) is 83.9 Å². The number of hydrogen-bond acceptors (Lipinski definition) is 7. The summed E-state index contributed by atoms with van der Waals surface area (Å²) in [6.45, 7) is 12.1. The van der Waals surface area contributed by atoms with E-state index in [1.165, 1.54) is 0 Å². The zero-order chi connectivity index (χ0) is 30.2. The lowest BCUT2D eigenvalue weighted by Crippen LogP contribution is -2.60. The molecule has 7 atom stereocenters. The van der Waals surface area contributed by atoms with Gasteiger partial charge in [0.25, 0.3) is 5.91 Å². The highest BCUT2D eigenvalue weighted by Gasteiger charge is 2.76. The standard InChI is InChI=1S/C33H45N3O6/c1-6-22(5)25(21-37)36-28-30(39)35(24-15-13-23(14-16-24)34(8-3)9-4)19-12-18-33(28)26(29(36)38)27-31(40)41-20-11-10-17-32(27,7-2)42-33/h10,12-18,22,25-28,37H,6-9,11,19-21H2,1-5H3/t22-,25-,26-,27+,28?,32-,33-/m0/s1. The molecule has 0 aromatic heterocycles. The molecule has 5 rings (SSSR count). The largest absolute Gasteiger partial charge is 0.465 e. The van der Waals surface area contributed by atoms with Gasteiger partial charge in [-0.1, -0.05) is 51.5 Å². The average Bonchev–Trinajstić information content (AvgIpc) is 3.34. The van der Waals surface area contributed by atoms with Crippen molar-refractivity contribution in [3.8, 4) is 0 Å². The number of amides is 2. The van der Waals surface area contributed by atoms with Crippen molar-refractivity contribution in [1.29, 1.82) is 0 Å². The van der Waals surface area contributed by atoms with Gasteiger partial charge in [0.15, 0.2) is 0 Å². The summed E-state index contributed by atoms with van der Waals surface area (Å²) in [5.74, 6) is -3.06. The van der Waals surface area contributed by atoms with E-state index in [0.717, 1.165) is 18.8 Å². The number of fused-ring (bicyclic) bond motifs is 2. The number of aliphatic hydroxyl groups excluding tert-OH is 1. The lowest BCUT2D eigenvalue weighted by atomic mass is 9.73. The van der Waals surface area contributed by atoms with Crippen molar-refractivity contribution in [2.75, 3.05) is 42.6 Å². The summed E-state index contributed by atoms with van der Waals surface area (Å²) in [5, 5.41) is 10.6. The van der Waals surface area contributed by atoms with E-state index in [1.54, 1.807) is 9.80 Å². The number of esters is 1. The van der Waals surface area contributed by atoms with Gasteiger partial charge in [0.1, 0.15) is 23.2 Å². The van der Waals surface area contributed by atoms with Gasteiger partial charge in [-0.25, -0.2) is 0 Å². The molecule has 2 amide bonds. The lowest BCUT2D eigenvalue weighted by Gasteiger charge is -2.42. The summed E-state index contributed by atoms with van der Waals surface area (Å²) >= 11 is 0. The number of cyclic esters (lactones) is 1. The topological polar surface area (TPSA) is 99.6 Å². The first kappa shape index (κ1) is 30.3. The molecule has 4 aliphatic heterocycles. The molecule has 228 valence electrons. The second kappa shape index (κ2) is 11.8. The van der Waals surface area contributed by atoms with E-state index in [9.17, 15) is 19.5 Å². The number of likely N-dealkylation sites (tertiary alicyclic amines) is 1. The van der Waals surface area contributed by atoms with Crippen LogP contribution in [0.4, 0.5) is 11.4 Å². The Kier molecular flexibility index (Phi) is 8.54. The molecule has 9 nitrogen and oxygen atoms in total. The molecule has 4 aliphatic rings. The molecule has 0 radical (unpaired) electrons. The third kappa shape index (κ3) is 4.56. The van der Waals surface area contributed by atoms with Gasteiger partial charge in [0.2, 0.25) is 5.91 Å². The summed E-state index contributed by atoms with van der Waals surface area (Å²) < 4.78 is 12.6. The number of anilines is 2. The number of rotatable bonds is 9. The highest BCUT2D eigenvalue weighted by atomic mass is 16.6. The Hall–Kier alpha value is -3.17. The van der Waals surface area contributed by atoms with E-state index in [4.69, 9.17) is 9.47 Å². The van der Waals surface area contributed by atoms with Gasteiger partial charge in [0.05, 0.1) is 25.2 Å². The summed E-state index contributed by atoms with van der Waals surface area (Å²) in [7, 11) is 0. The van der Waals surface area contributed by atoms with Crippen LogP contribution in [-0.2, 0) is 23.9 Å². The maximum absolute atomic E-state index is 14.8. The second-order valence-corrected chi connectivity index (χ2v) is 11.9. The molecule has 9 heteroatoms. The molecule has 1 spiro atoms. The number of carbonyl (C=O) groups is 3. The highest BCUT2D eigenvalue weighted by Crippen LogP contribution is 2.59. The molecular formula is C33H45N3O6. The molecule has 1 N–H and O–H groups in total. The predicted molar refractivity (Wildman–Crippen MR) is 161 cm³/mol. The third-order valence-electron chi connectivity index (χ3n) is 9.98. The van der Waals surface area contributed by atoms with Crippen molar-refractivity contribution in [3.05, 3.63) is 48.6 Å². The first-order valence-corrected chi connectivity index (χ1v) is 15.5. The monoisotopic (exact) mass is 579 g/mol. The fourth-order valence-electron chi connectivity index (χ4n) is 7.50.